The molecule has 0 aromatic rings. The molecule has 0 saturated carbocycles. The van der Waals surface area contributed by atoms with Crippen molar-refractivity contribution in [3.8, 4) is 0 Å². The summed E-state index contributed by atoms with van der Waals surface area (Å²) >= 11 is 0. The average molecular weight is 835 g/mol. The Morgan fingerprint density at radius 3 is 1.52 bits per heavy atom. The van der Waals surface area contributed by atoms with Crippen LogP contribution in [0.4, 0.5) is 0 Å². The first-order valence-electron chi connectivity index (χ1n) is 23.7. The first-order valence-corrected chi connectivity index (χ1v) is 25.1. The molecule has 0 rings (SSSR count). The van der Waals surface area contributed by atoms with Crippen molar-refractivity contribution in [1.82, 2.24) is 5.32 Å². The standard InChI is InChI=1S/C49H91N2O6P/c1-6-8-10-12-14-16-18-20-22-23-24-25-26-27-29-31-33-35-37-39-41-43-49(53)50-47(46-57-58(54,55)56-45-44-51(3,4)5)48(52)42-40-38-36-34-32-30-28-21-19-17-15-13-11-9-7-2/h18,20,23-24,26-27,32,34,40,42,47-48,52H,6-17,19,21-22,25,28-31,33,35-39,41,43-46H2,1-5H3,(H-,50,53,54,55)/b20-18-,24-23-,27-26-,34-32+,42-40+. The molecule has 0 spiro atoms. The summed E-state index contributed by atoms with van der Waals surface area (Å²) in [7, 11) is 1.23. The number of nitrogens with zero attached hydrogens (tertiary/aromatic N) is 1. The van der Waals surface area contributed by atoms with Gasteiger partial charge in [0.05, 0.1) is 39.9 Å². The number of phosphoric acid groups is 1. The third-order valence-electron chi connectivity index (χ3n) is 10.2. The van der Waals surface area contributed by atoms with Crippen molar-refractivity contribution in [3.63, 3.8) is 0 Å². The molecule has 0 heterocycles. The summed E-state index contributed by atoms with van der Waals surface area (Å²) in [6.07, 6.45) is 52.7. The second kappa shape index (κ2) is 40.6. The molecule has 0 aliphatic rings. The maximum Gasteiger partial charge on any atom is 0.268 e. The van der Waals surface area contributed by atoms with E-state index in [1.54, 1.807) is 6.08 Å². The topological polar surface area (TPSA) is 108 Å². The van der Waals surface area contributed by atoms with Gasteiger partial charge in [-0.2, -0.15) is 0 Å². The van der Waals surface area contributed by atoms with Crippen LogP contribution in [0.1, 0.15) is 194 Å². The van der Waals surface area contributed by atoms with Crippen molar-refractivity contribution in [2.75, 3.05) is 40.9 Å². The Morgan fingerprint density at radius 1 is 0.603 bits per heavy atom. The number of likely N-dealkylation sites (N-methyl/N-ethyl adjacent to an activating group) is 1. The van der Waals surface area contributed by atoms with Crippen molar-refractivity contribution in [3.05, 3.63) is 60.8 Å². The SMILES string of the molecule is CCCCCCC/C=C\C/C=C\C/C=C\CCCCCCCCC(=O)NC(COP(=O)([O-])OCC[N+](C)(C)C)C(O)/C=C/CC/C=C/CCCCCCCCCCC. The third-order valence-corrected chi connectivity index (χ3v) is 11.2. The van der Waals surface area contributed by atoms with Crippen molar-refractivity contribution in [2.45, 2.75) is 206 Å². The molecule has 0 aliphatic carbocycles. The zero-order valence-corrected chi connectivity index (χ0v) is 39.1. The fraction of sp³-hybridized carbons (Fsp3) is 0.776. The Kier molecular flexibility index (Phi) is 39.3. The Balaban J connectivity index is 4.45. The summed E-state index contributed by atoms with van der Waals surface area (Å²) in [5.41, 5.74) is 0. The minimum atomic E-state index is -4.60. The molecule has 2 N–H and O–H groups in total. The normalized spacial score (nSPS) is 14.8. The number of phosphoric ester groups is 1. The van der Waals surface area contributed by atoms with Crippen molar-refractivity contribution in [1.29, 1.82) is 0 Å². The summed E-state index contributed by atoms with van der Waals surface area (Å²) in [6, 6.07) is -0.912. The maximum atomic E-state index is 12.9. The van der Waals surface area contributed by atoms with Gasteiger partial charge in [-0.1, -0.05) is 177 Å². The lowest BCUT2D eigenvalue weighted by atomic mass is 10.1. The number of carbonyl (C=O) groups excluding carboxylic acids is 1. The molecule has 0 radical (unpaired) electrons. The lowest BCUT2D eigenvalue weighted by molar-refractivity contribution is -0.870. The Morgan fingerprint density at radius 2 is 1.02 bits per heavy atom. The van der Waals surface area contributed by atoms with Gasteiger partial charge >= 0.3 is 0 Å². The number of hydrogen-bond acceptors (Lipinski definition) is 6. The number of allylic oxidation sites excluding steroid dienone is 9. The molecule has 0 fully saturated rings. The molecule has 8 nitrogen and oxygen atoms in total. The number of aliphatic hydroxyl groups is 1. The smallest absolute Gasteiger partial charge is 0.268 e. The fourth-order valence-corrected chi connectivity index (χ4v) is 7.13. The number of aliphatic hydroxyl groups excluding tert-OH is 1. The first kappa shape index (κ1) is 56.2. The van der Waals surface area contributed by atoms with Crippen LogP contribution in [0.25, 0.3) is 0 Å². The molecule has 0 saturated heterocycles. The quantitative estimate of drug-likeness (QED) is 0.0274. The second-order valence-electron chi connectivity index (χ2n) is 17.1. The monoisotopic (exact) mass is 835 g/mol. The second-order valence-corrected chi connectivity index (χ2v) is 18.5. The Bertz CT molecular complexity index is 1130. The van der Waals surface area contributed by atoms with Gasteiger partial charge in [-0.15, -0.1) is 0 Å². The van der Waals surface area contributed by atoms with Crippen LogP contribution >= 0.6 is 7.82 Å². The number of hydrogen-bond donors (Lipinski definition) is 2. The molecule has 1 amide bonds. The number of amides is 1. The van der Waals surface area contributed by atoms with Crippen LogP contribution in [0, 0.1) is 0 Å². The zero-order chi connectivity index (χ0) is 42.8. The minimum absolute atomic E-state index is 0.0116. The summed E-state index contributed by atoms with van der Waals surface area (Å²) in [5, 5.41) is 13.8. The van der Waals surface area contributed by atoms with E-state index >= 15 is 0 Å². The minimum Gasteiger partial charge on any atom is -0.756 e. The third kappa shape index (κ3) is 42.3. The van der Waals surface area contributed by atoms with Gasteiger partial charge < -0.3 is 28.8 Å². The van der Waals surface area contributed by atoms with E-state index < -0.39 is 26.6 Å². The Hall–Kier alpha value is -1.80. The van der Waals surface area contributed by atoms with E-state index in [1.165, 1.54) is 109 Å². The average Bonchev–Trinajstić information content (AvgIpc) is 3.17. The fourth-order valence-electron chi connectivity index (χ4n) is 6.41. The van der Waals surface area contributed by atoms with E-state index in [1.807, 2.05) is 27.2 Å². The van der Waals surface area contributed by atoms with E-state index in [0.29, 0.717) is 17.4 Å². The van der Waals surface area contributed by atoms with Crippen molar-refractivity contribution >= 4 is 13.7 Å². The van der Waals surface area contributed by atoms with Gasteiger partial charge in [-0.25, -0.2) is 0 Å². The zero-order valence-electron chi connectivity index (χ0n) is 38.2. The number of unbranched alkanes of at least 4 members (excludes halogenated alkanes) is 21. The van der Waals surface area contributed by atoms with Crippen molar-refractivity contribution in [2.24, 2.45) is 0 Å². The molecule has 3 unspecified atom stereocenters. The number of rotatable bonds is 42. The predicted octanol–water partition coefficient (Wildman–Crippen LogP) is 12.8. The van der Waals surface area contributed by atoms with Crippen LogP contribution in [0.5, 0.6) is 0 Å². The van der Waals surface area contributed by atoms with Gasteiger partial charge in [-0.05, 0) is 70.6 Å². The largest absolute Gasteiger partial charge is 0.756 e. The molecule has 0 aliphatic heterocycles. The summed E-state index contributed by atoms with van der Waals surface area (Å²) in [4.78, 5) is 25.3. The molecule has 58 heavy (non-hydrogen) atoms. The van der Waals surface area contributed by atoms with Crippen LogP contribution in [-0.4, -0.2) is 68.5 Å². The van der Waals surface area contributed by atoms with Crippen LogP contribution in [-0.2, 0) is 18.4 Å². The Labute approximate surface area is 358 Å². The van der Waals surface area contributed by atoms with Gasteiger partial charge in [0.1, 0.15) is 13.2 Å². The van der Waals surface area contributed by atoms with E-state index in [2.05, 4.69) is 67.8 Å². The van der Waals surface area contributed by atoms with Crippen LogP contribution in [0.2, 0.25) is 0 Å². The number of quaternary nitrogens is 1. The van der Waals surface area contributed by atoms with Gasteiger partial charge in [0, 0.05) is 6.42 Å². The molecule has 0 aromatic carbocycles. The van der Waals surface area contributed by atoms with Crippen LogP contribution in [0.3, 0.4) is 0 Å². The van der Waals surface area contributed by atoms with Crippen molar-refractivity contribution < 1.29 is 32.9 Å². The van der Waals surface area contributed by atoms with Gasteiger partial charge in [0.25, 0.3) is 7.82 Å². The van der Waals surface area contributed by atoms with Gasteiger partial charge in [-0.3, -0.25) is 9.36 Å². The number of carbonyl (C=O) groups is 1. The molecule has 338 valence electrons. The highest BCUT2D eigenvalue weighted by molar-refractivity contribution is 7.45. The highest BCUT2D eigenvalue weighted by Crippen LogP contribution is 2.38. The summed E-state index contributed by atoms with van der Waals surface area (Å²) < 4.78 is 23.2. The lowest BCUT2D eigenvalue weighted by Crippen LogP contribution is -2.45. The lowest BCUT2D eigenvalue weighted by Gasteiger charge is -2.29. The predicted molar refractivity (Wildman–Crippen MR) is 247 cm³/mol. The molecular formula is C49H91N2O6P. The van der Waals surface area contributed by atoms with E-state index in [-0.39, 0.29) is 12.5 Å². The summed E-state index contributed by atoms with van der Waals surface area (Å²) in [5.74, 6) is -0.222. The van der Waals surface area contributed by atoms with Crippen LogP contribution in [0.15, 0.2) is 60.8 Å². The summed E-state index contributed by atoms with van der Waals surface area (Å²) in [6.45, 7) is 4.59. The highest BCUT2D eigenvalue weighted by Gasteiger charge is 2.23. The maximum absolute atomic E-state index is 12.9. The molecule has 3 atom stereocenters. The van der Waals surface area contributed by atoms with E-state index in [4.69, 9.17) is 9.05 Å². The van der Waals surface area contributed by atoms with Gasteiger partial charge in [0.15, 0.2) is 0 Å². The van der Waals surface area contributed by atoms with E-state index in [0.717, 1.165) is 64.2 Å². The number of nitrogens with one attached hydrogen (secondary N) is 1. The molecule has 9 heteroatoms. The molecule has 0 bridgehead atoms. The van der Waals surface area contributed by atoms with E-state index in [9.17, 15) is 19.4 Å². The van der Waals surface area contributed by atoms with Crippen LogP contribution < -0.4 is 10.2 Å². The molecule has 0 aromatic heterocycles. The molecular weight excluding hydrogens is 744 g/mol. The first-order chi connectivity index (χ1) is 28.0. The van der Waals surface area contributed by atoms with Gasteiger partial charge in [0.2, 0.25) is 5.91 Å². The highest BCUT2D eigenvalue weighted by atomic mass is 31.2.